The van der Waals surface area contributed by atoms with Crippen molar-refractivity contribution in [2.75, 3.05) is 6.54 Å². The van der Waals surface area contributed by atoms with E-state index in [1.54, 1.807) is 0 Å². The molecule has 2 aromatic rings. The Morgan fingerprint density at radius 1 is 1.04 bits per heavy atom. The molecule has 1 aliphatic rings. The van der Waals surface area contributed by atoms with Crippen molar-refractivity contribution in [3.8, 4) is 0 Å². The van der Waals surface area contributed by atoms with Crippen LogP contribution in [-0.4, -0.2) is 34.9 Å². The number of piperidine rings is 1. The number of nitrogens with zero attached hydrogens (tertiary/aromatic N) is 1. The van der Waals surface area contributed by atoms with E-state index in [1.807, 2.05) is 60.7 Å². The third kappa shape index (κ3) is 5.13. The molecule has 5 heteroatoms. The van der Waals surface area contributed by atoms with E-state index in [0.29, 0.717) is 26.1 Å². The van der Waals surface area contributed by atoms with E-state index in [-0.39, 0.29) is 18.1 Å². The topological polar surface area (TPSA) is 61.8 Å². The molecule has 1 saturated heterocycles. The molecule has 3 rings (SSSR count). The smallest absolute Gasteiger partial charge is 0.323 e. The Kier molecular flexibility index (Phi) is 6.17. The van der Waals surface area contributed by atoms with Crippen molar-refractivity contribution in [3.63, 3.8) is 0 Å². The van der Waals surface area contributed by atoms with Crippen LogP contribution in [0.3, 0.4) is 0 Å². The van der Waals surface area contributed by atoms with E-state index >= 15 is 0 Å². The van der Waals surface area contributed by atoms with Crippen LogP contribution in [0.2, 0.25) is 0 Å². The van der Waals surface area contributed by atoms with Gasteiger partial charge in [-0.05, 0) is 24.0 Å². The van der Waals surface area contributed by atoms with Gasteiger partial charge in [-0.2, -0.15) is 5.06 Å². The average molecular weight is 340 g/mol. The molecule has 0 unspecified atom stereocenters. The number of rotatable bonds is 6. The number of hydroxylamine groups is 2. The van der Waals surface area contributed by atoms with E-state index in [0.717, 1.165) is 17.5 Å². The van der Waals surface area contributed by atoms with Gasteiger partial charge in [0.1, 0.15) is 12.6 Å². The summed E-state index contributed by atoms with van der Waals surface area (Å²) in [6.45, 7) is 1.34. The van der Waals surface area contributed by atoms with Gasteiger partial charge in [0.25, 0.3) is 0 Å². The van der Waals surface area contributed by atoms with Gasteiger partial charge in [0.15, 0.2) is 0 Å². The minimum atomic E-state index is -0.301. The van der Waals surface area contributed by atoms with Gasteiger partial charge in [-0.3, -0.25) is 4.79 Å². The summed E-state index contributed by atoms with van der Waals surface area (Å²) in [4.78, 5) is 12.2. The van der Waals surface area contributed by atoms with Crippen LogP contribution in [-0.2, 0) is 22.7 Å². The van der Waals surface area contributed by atoms with Crippen LogP contribution in [0.5, 0.6) is 0 Å². The second kappa shape index (κ2) is 8.76. The van der Waals surface area contributed by atoms with E-state index < -0.39 is 0 Å². The molecule has 0 saturated carbocycles. The highest BCUT2D eigenvalue weighted by atomic mass is 16.5. The molecule has 0 aromatic heterocycles. The fourth-order valence-corrected chi connectivity index (χ4v) is 3.03. The third-order valence-electron chi connectivity index (χ3n) is 4.51. The van der Waals surface area contributed by atoms with Crippen LogP contribution in [0.15, 0.2) is 60.7 Å². The SMILES string of the molecule is O=C(OCc1ccccc1)[C@@H]1CC[C@@H](N(O)Cc2ccccc2)CN1. The number of hydrogen-bond donors (Lipinski definition) is 2. The Hall–Kier alpha value is -2.21. The Morgan fingerprint density at radius 2 is 1.68 bits per heavy atom. The predicted octanol–water partition coefficient (Wildman–Crippen LogP) is 2.74. The van der Waals surface area contributed by atoms with Crippen molar-refractivity contribution in [2.45, 2.75) is 38.1 Å². The Bertz CT molecular complexity index is 655. The van der Waals surface area contributed by atoms with Crippen LogP contribution in [0, 0.1) is 0 Å². The molecule has 0 aliphatic carbocycles. The first kappa shape index (κ1) is 17.6. The summed E-state index contributed by atoms with van der Waals surface area (Å²) in [5, 5.41) is 14.8. The molecule has 25 heavy (non-hydrogen) atoms. The zero-order valence-electron chi connectivity index (χ0n) is 14.2. The summed E-state index contributed by atoms with van der Waals surface area (Å²) >= 11 is 0. The number of esters is 1. The number of nitrogens with one attached hydrogen (secondary N) is 1. The largest absolute Gasteiger partial charge is 0.460 e. The van der Waals surface area contributed by atoms with E-state index in [4.69, 9.17) is 4.74 Å². The highest BCUT2D eigenvalue weighted by molar-refractivity contribution is 5.75. The molecule has 1 fully saturated rings. The molecule has 0 spiro atoms. The molecule has 0 amide bonds. The lowest BCUT2D eigenvalue weighted by Gasteiger charge is -2.33. The maximum Gasteiger partial charge on any atom is 0.323 e. The minimum absolute atomic E-state index is 0.00150. The minimum Gasteiger partial charge on any atom is -0.460 e. The van der Waals surface area contributed by atoms with Gasteiger partial charge in [-0.1, -0.05) is 60.7 Å². The van der Waals surface area contributed by atoms with Crippen LogP contribution >= 0.6 is 0 Å². The number of carbonyl (C=O) groups excluding carboxylic acids is 1. The first-order valence-electron chi connectivity index (χ1n) is 8.66. The highest BCUT2D eigenvalue weighted by Crippen LogP contribution is 2.16. The Labute approximate surface area is 148 Å². The van der Waals surface area contributed by atoms with Crippen molar-refractivity contribution in [1.82, 2.24) is 10.4 Å². The lowest BCUT2D eigenvalue weighted by molar-refractivity contribution is -0.155. The van der Waals surface area contributed by atoms with Crippen molar-refractivity contribution in [2.24, 2.45) is 0 Å². The summed E-state index contributed by atoms with van der Waals surface area (Å²) in [6.07, 6.45) is 1.41. The molecular formula is C20H24N2O3. The van der Waals surface area contributed by atoms with Crippen molar-refractivity contribution in [3.05, 3.63) is 71.8 Å². The second-order valence-electron chi connectivity index (χ2n) is 6.37. The number of benzene rings is 2. The van der Waals surface area contributed by atoms with Gasteiger partial charge >= 0.3 is 5.97 Å². The van der Waals surface area contributed by atoms with Gasteiger partial charge in [0.2, 0.25) is 0 Å². The molecule has 2 atom stereocenters. The molecule has 2 aromatic carbocycles. The van der Waals surface area contributed by atoms with Gasteiger partial charge < -0.3 is 15.3 Å². The number of carbonyl (C=O) groups is 1. The van der Waals surface area contributed by atoms with Gasteiger partial charge in [-0.15, -0.1) is 0 Å². The third-order valence-corrected chi connectivity index (χ3v) is 4.51. The summed E-state index contributed by atoms with van der Waals surface area (Å²) in [5.74, 6) is -0.227. The first-order chi connectivity index (χ1) is 12.2. The quantitative estimate of drug-likeness (QED) is 0.625. The normalized spacial score (nSPS) is 20.4. The molecular weight excluding hydrogens is 316 g/mol. The Morgan fingerprint density at radius 3 is 2.28 bits per heavy atom. The maximum absolute atomic E-state index is 12.2. The second-order valence-corrected chi connectivity index (χ2v) is 6.37. The molecule has 1 aliphatic heterocycles. The zero-order valence-corrected chi connectivity index (χ0v) is 14.2. The monoisotopic (exact) mass is 340 g/mol. The van der Waals surface area contributed by atoms with E-state index in [1.165, 1.54) is 5.06 Å². The Balaban J connectivity index is 1.42. The highest BCUT2D eigenvalue weighted by Gasteiger charge is 2.29. The number of ether oxygens (including phenoxy) is 1. The van der Waals surface area contributed by atoms with E-state index in [2.05, 4.69) is 5.32 Å². The van der Waals surface area contributed by atoms with Crippen molar-refractivity contribution < 1.29 is 14.7 Å². The summed E-state index contributed by atoms with van der Waals surface area (Å²) in [7, 11) is 0. The lowest BCUT2D eigenvalue weighted by atomic mass is 10.00. The van der Waals surface area contributed by atoms with Crippen LogP contribution in [0.4, 0.5) is 0 Å². The first-order valence-corrected chi connectivity index (χ1v) is 8.66. The molecule has 5 nitrogen and oxygen atoms in total. The van der Waals surface area contributed by atoms with Crippen LogP contribution in [0.25, 0.3) is 0 Å². The summed E-state index contributed by atoms with van der Waals surface area (Å²) in [6, 6.07) is 19.2. The van der Waals surface area contributed by atoms with Crippen molar-refractivity contribution in [1.29, 1.82) is 0 Å². The molecule has 0 radical (unpaired) electrons. The van der Waals surface area contributed by atoms with Gasteiger partial charge in [-0.25, -0.2) is 0 Å². The van der Waals surface area contributed by atoms with Crippen LogP contribution < -0.4 is 5.32 Å². The maximum atomic E-state index is 12.2. The number of hydrogen-bond acceptors (Lipinski definition) is 5. The summed E-state index contributed by atoms with van der Waals surface area (Å²) in [5.41, 5.74) is 2.04. The molecule has 132 valence electrons. The zero-order chi connectivity index (χ0) is 17.5. The fourth-order valence-electron chi connectivity index (χ4n) is 3.03. The predicted molar refractivity (Wildman–Crippen MR) is 94.8 cm³/mol. The van der Waals surface area contributed by atoms with Gasteiger partial charge in [0, 0.05) is 19.1 Å². The van der Waals surface area contributed by atoms with E-state index in [9.17, 15) is 10.0 Å². The molecule has 1 heterocycles. The fraction of sp³-hybridized carbons (Fsp3) is 0.350. The molecule has 2 N–H and O–H groups in total. The molecule has 0 bridgehead atoms. The summed E-state index contributed by atoms with van der Waals surface area (Å²) < 4.78 is 5.38. The lowest BCUT2D eigenvalue weighted by Crippen LogP contribution is -2.51. The van der Waals surface area contributed by atoms with Crippen LogP contribution in [0.1, 0.15) is 24.0 Å². The standard InChI is InChI=1S/C20H24N2O3/c23-20(25-15-17-9-5-2-6-10-17)19-12-11-18(13-21-19)22(24)14-16-7-3-1-4-8-16/h1-10,18-19,21,24H,11-15H2/t18-,19+/m1/s1. The van der Waals surface area contributed by atoms with Gasteiger partial charge in [0.05, 0.1) is 0 Å². The van der Waals surface area contributed by atoms with Crippen molar-refractivity contribution >= 4 is 5.97 Å². The average Bonchev–Trinajstić information content (AvgIpc) is 2.68.